The summed E-state index contributed by atoms with van der Waals surface area (Å²) in [7, 11) is 1.47. The molecule has 0 aliphatic rings. The van der Waals surface area contributed by atoms with Gasteiger partial charge in [-0.15, -0.1) is 0 Å². The molecule has 3 aromatic rings. The van der Waals surface area contributed by atoms with Crippen molar-refractivity contribution >= 4 is 23.0 Å². The van der Waals surface area contributed by atoms with Gasteiger partial charge in [-0.3, -0.25) is 4.79 Å². The van der Waals surface area contributed by atoms with Gasteiger partial charge in [0.2, 0.25) is 0 Å². The molecule has 1 aromatic carbocycles. The Morgan fingerprint density at radius 3 is 2.68 bits per heavy atom. The van der Waals surface area contributed by atoms with Crippen LogP contribution in [0.15, 0.2) is 34.9 Å². The Kier molecular flexibility index (Phi) is 6.54. The van der Waals surface area contributed by atoms with Crippen molar-refractivity contribution in [3.63, 3.8) is 0 Å². The highest BCUT2D eigenvalue weighted by Crippen LogP contribution is 2.37. The first-order chi connectivity index (χ1) is 14.7. The van der Waals surface area contributed by atoms with E-state index in [2.05, 4.69) is 15.5 Å². The first-order valence-corrected chi connectivity index (χ1v) is 9.08. The second-order valence-electron chi connectivity index (χ2n) is 6.47. The number of methoxy groups -OCH3 is 1. The molecule has 1 N–H and O–H groups in total. The van der Waals surface area contributed by atoms with Gasteiger partial charge in [-0.1, -0.05) is 23.4 Å². The van der Waals surface area contributed by atoms with Gasteiger partial charge in [0.05, 0.1) is 34.5 Å². The predicted molar refractivity (Wildman–Crippen MR) is 102 cm³/mol. The van der Waals surface area contributed by atoms with Gasteiger partial charge >= 0.3 is 12.1 Å². The number of amides is 1. The van der Waals surface area contributed by atoms with Gasteiger partial charge in [-0.25, -0.2) is 9.78 Å². The smallest absolute Gasteiger partial charge is 0.417 e. The molecule has 0 atom stereocenters. The van der Waals surface area contributed by atoms with Crippen molar-refractivity contribution in [1.82, 2.24) is 15.5 Å². The number of halogens is 3. The van der Waals surface area contributed by atoms with Gasteiger partial charge in [0.15, 0.2) is 6.61 Å². The van der Waals surface area contributed by atoms with Crippen LogP contribution in [0.1, 0.15) is 21.6 Å². The highest BCUT2D eigenvalue weighted by Gasteiger charge is 2.34. The second-order valence-corrected chi connectivity index (χ2v) is 6.47. The number of aryl methyl sites for hydroxylation is 1. The molecule has 31 heavy (non-hydrogen) atoms. The van der Waals surface area contributed by atoms with Crippen LogP contribution in [0.25, 0.3) is 22.4 Å². The molecule has 8 nitrogen and oxygen atoms in total. The number of nitrogens with zero attached hydrogens (tertiary/aromatic N) is 2. The monoisotopic (exact) mass is 437 g/mol. The van der Waals surface area contributed by atoms with E-state index in [1.165, 1.54) is 31.4 Å². The van der Waals surface area contributed by atoms with Crippen molar-refractivity contribution in [3.8, 4) is 11.3 Å². The van der Waals surface area contributed by atoms with E-state index in [9.17, 15) is 22.8 Å². The number of alkyl halides is 3. The van der Waals surface area contributed by atoms with Crippen LogP contribution >= 0.6 is 0 Å². The minimum Gasteiger partial charge on any atom is -0.452 e. The Balaban J connectivity index is 1.97. The fourth-order valence-electron chi connectivity index (χ4n) is 2.90. The lowest BCUT2D eigenvalue weighted by molar-refractivity contribution is -0.137. The van der Waals surface area contributed by atoms with Crippen LogP contribution in [0.5, 0.6) is 0 Å². The fourth-order valence-corrected chi connectivity index (χ4v) is 2.90. The zero-order chi connectivity index (χ0) is 22.6. The van der Waals surface area contributed by atoms with Crippen molar-refractivity contribution < 1.29 is 36.8 Å². The molecule has 3 rings (SSSR count). The second kappa shape index (κ2) is 9.13. The van der Waals surface area contributed by atoms with Crippen LogP contribution < -0.4 is 5.32 Å². The van der Waals surface area contributed by atoms with E-state index in [4.69, 9.17) is 14.0 Å². The molecule has 0 radical (unpaired) electrons. The highest BCUT2D eigenvalue weighted by atomic mass is 19.4. The number of benzene rings is 1. The Morgan fingerprint density at radius 2 is 1.97 bits per heavy atom. The molecule has 164 valence electrons. The van der Waals surface area contributed by atoms with Gasteiger partial charge in [0, 0.05) is 19.2 Å². The molecule has 0 saturated carbocycles. The third kappa shape index (κ3) is 5.00. The maximum absolute atomic E-state index is 13.4. The first kappa shape index (κ1) is 22.2. The molecule has 11 heteroatoms. The molecular formula is C20H18F3N3O5. The number of ether oxygens (including phenoxy) is 2. The van der Waals surface area contributed by atoms with Crippen molar-refractivity contribution in [1.29, 1.82) is 0 Å². The number of nitrogens with one attached hydrogen (secondary N) is 1. The van der Waals surface area contributed by atoms with E-state index >= 15 is 0 Å². The van der Waals surface area contributed by atoms with E-state index in [1.54, 1.807) is 6.92 Å². The molecule has 0 fully saturated rings. The standard InChI is InChI=1S/C20H18F3N3O5/c1-11-17-13(19(28)30-10-16(27)24-7-8-29-2)9-15(25-18(17)31-26-11)12-5-3-4-6-14(12)20(21,22)23/h3-6,9H,7-8,10H2,1-2H3,(H,24,27). The van der Waals surface area contributed by atoms with Crippen LogP contribution in [-0.2, 0) is 20.4 Å². The molecule has 2 aromatic heterocycles. The Bertz CT molecular complexity index is 1110. The summed E-state index contributed by atoms with van der Waals surface area (Å²) in [5.41, 5.74) is -1.24. The summed E-state index contributed by atoms with van der Waals surface area (Å²) in [5, 5.41) is 6.41. The van der Waals surface area contributed by atoms with Gasteiger partial charge in [0.25, 0.3) is 11.6 Å². The Labute approximate surface area is 174 Å². The van der Waals surface area contributed by atoms with Gasteiger partial charge in [-0.05, 0) is 19.1 Å². The number of carbonyl (C=O) groups excluding carboxylic acids is 2. The summed E-state index contributed by atoms with van der Waals surface area (Å²) in [4.78, 5) is 28.5. The first-order valence-electron chi connectivity index (χ1n) is 9.08. The Morgan fingerprint density at radius 1 is 1.23 bits per heavy atom. The molecule has 0 aliphatic carbocycles. The summed E-state index contributed by atoms with van der Waals surface area (Å²) >= 11 is 0. The van der Waals surface area contributed by atoms with Crippen molar-refractivity contribution in [3.05, 3.63) is 47.2 Å². The normalized spacial score (nSPS) is 11.5. The SMILES string of the molecule is COCCNC(=O)COC(=O)c1cc(-c2ccccc2C(F)(F)F)nc2onc(C)c12. The molecule has 0 spiro atoms. The molecule has 2 heterocycles. The van der Waals surface area contributed by atoms with E-state index < -0.39 is 30.2 Å². The summed E-state index contributed by atoms with van der Waals surface area (Å²) in [6.45, 7) is 1.48. The van der Waals surface area contributed by atoms with Gasteiger partial charge < -0.3 is 19.3 Å². The van der Waals surface area contributed by atoms with Crippen molar-refractivity contribution in [2.75, 3.05) is 26.9 Å². The quantitative estimate of drug-likeness (QED) is 0.447. The third-order valence-electron chi connectivity index (χ3n) is 4.31. The average Bonchev–Trinajstić information content (AvgIpc) is 3.12. The summed E-state index contributed by atoms with van der Waals surface area (Å²) in [5.74, 6) is -1.48. The Hall–Kier alpha value is -3.47. The van der Waals surface area contributed by atoms with Gasteiger partial charge in [-0.2, -0.15) is 13.2 Å². The minimum atomic E-state index is -4.63. The maximum Gasteiger partial charge on any atom is 0.417 e. The van der Waals surface area contributed by atoms with E-state index in [0.717, 1.165) is 6.07 Å². The van der Waals surface area contributed by atoms with Crippen molar-refractivity contribution in [2.24, 2.45) is 0 Å². The molecule has 1 amide bonds. The average molecular weight is 437 g/mol. The summed E-state index contributed by atoms with van der Waals surface area (Å²) in [6, 6.07) is 5.99. The zero-order valence-electron chi connectivity index (χ0n) is 16.6. The van der Waals surface area contributed by atoms with Crippen LogP contribution in [0.2, 0.25) is 0 Å². The van der Waals surface area contributed by atoms with Crippen LogP contribution in [0, 0.1) is 6.92 Å². The van der Waals surface area contributed by atoms with Crippen LogP contribution in [0.4, 0.5) is 13.2 Å². The van der Waals surface area contributed by atoms with Crippen molar-refractivity contribution in [2.45, 2.75) is 13.1 Å². The lowest BCUT2D eigenvalue weighted by atomic mass is 10.0. The maximum atomic E-state index is 13.4. The number of esters is 1. The minimum absolute atomic E-state index is 0.111. The summed E-state index contributed by atoms with van der Waals surface area (Å²) < 4.78 is 55.2. The lowest BCUT2D eigenvalue weighted by Crippen LogP contribution is -2.31. The largest absolute Gasteiger partial charge is 0.452 e. The fraction of sp³-hybridized carbons (Fsp3) is 0.300. The number of fused-ring (bicyclic) bond motifs is 1. The number of carbonyl (C=O) groups is 2. The van der Waals surface area contributed by atoms with Crippen LogP contribution in [-0.4, -0.2) is 48.9 Å². The number of hydrogen-bond donors (Lipinski definition) is 1. The highest BCUT2D eigenvalue weighted by molar-refractivity contribution is 6.04. The number of rotatable bonds is 7. The number of aromatic nitrogens is 2. The van der Waals surface area contributed by atoms with E-state index in [0.29, 0.717) is 5.69 Å². The topological polar surface area (TPSA) is 104 Å². The number of hydrogen-bond acceptors (Lipinski definition) is 7. The number of pyridine rings is 1. The predicted octanol–water partition coefficient (Wildman–Crippen LogP) is 3.14. The third-order valence-corrected chi connectivity index (χ3v) is 4.31. The van der Waals surface area contributed by atoms with E-state index in [1.807, 2.05) is 0 Å². The molecular weight excluding hydrogens is 419 g/mol. The lowest BCUT2D eigenvalue weighted by Gasteiger charge is -2.13. The molecule has 0 bridgehead atoms. The molecule has 0 aliphatic heterocycles. The van der Waals surface area contributed by atoms with E-state index in [-0.39, 0.29) is 41.1 Å². The molecule has 0 unspecified atom stereocenters. The molecule has 0 saturated heterocycles. The zero-order valence-corrected chi connectivity index (χ0v) is 16.6. The van der Waals surface area contributed by atoms with Crippen LogP contribution in [0.3, 0.4) is 0 Å². The van der Waals surface area contributed by atoms with Gasteiger partial charge in [0.1, 0.15) is 0 Å². The summed E-state index contributed by atoms with van der Waals surface area (Å²) in [6.07, 6.45) is -4.63.